The average Bonchev–Trinajstić information content (AvgIpc) is 2.58. The predicted octanol–water partition coefficient (Wildman–Crippen LogP) is 3.89. The third-order valence-corrected chi connectivity index (χ3v) is 5.53. The lowest BCUT2D eigenvalue weighted by atomic mass is 9.75. The van der Waals surface area contributed by atoms with Gasteiger partial charge in [-0.1, -0.05) is 51.4 Å². The highest BCUT2D eigenvalue weighted by Crippen LogP contribution is 2.33. The van der Waals surface area contributed by atoms with Crippen molar-refractivity contribution in [3.05, 3.63) is 68.1 Å². The molecule has 0 saturated carbocycles. The van der Waals surface area contributed by atoms with Crippen molar-refractivity contribution in [1.29, 1.82) is 0 Å². The second kappa shape index (κ2) is 7.21. The molecule has 2 aromatic rings. The van der Waals surface area contributed by atoms with Crippen LogP contribution in [0.15, 0.2) is 35.1 Å². The predicted molar refractivity (Wildman–Crippen MR) is 110 cm³/mol. The van der Waals surface area contributed by atoms with E-state index in [2.05, 4.69) is 10.3 Å². The molecule has 2 N–H and O–H groups in total. The van der Waals surface area contributed by atoms with Gasteiger partial charge in [0.25, 0.3) is 11.5 Å². The van der Waals surface area contributed by atoms with E-state index in [-0.39, 0.29) is 22.2 Å². The fourth-order valence-electron chi connectivity index (χ4n) is 3.60. The maximum Gasteiger partial charge on any atom is 0.261 e. The third kappa shape index (κ3) is 4.20. The minimum absolute atomic E-state index is 0.0290. The number of ketones is 1. The highest BCUT2D eigenvalue weighted by atomic mass is 35.5. The van der Waals surface area contributed by atoms with Crippen molar-refractivity contribution >= 4 is 23.3 Å². The minimum Gasteiger partial charge on any atom is -0.351 e. The number of pyridine rings is 1. The second-order valence-corrected chi connectivity index (χ2v) is 9.36. The summed E-state index contributed by atoms with van der Waals surface area (Å²) in [5.41, 5.74) is 1.05. The van der Waals surface area contributed by atoms with Gasteiger partial charge < -0.3 is 10.3 Å². The number of Topliss-reactive ketones (excluding diaryl/α,β-unsaturated/α-hetero) is 1. The van der Waals surface area contributed by atoms with Crippen molar-refractivity contribution in [3.8, 4) is 0 Å². The van der Waals surface area contributed by atoms with Crippen LogP contribution >= 0.6 is 11.6 Å². The zero-order valence-corrected chi connectivity index (χ0v) is 17.4. The van der Waals surface area contributed by atoms with E-state index in [1.807, 2.05) is 52.0 Å². The average molecular weight is 401 g/mol. The van der Waals surface area contributed by atoms with Crippen molar-refractivity contribution in [1.82, 2.24) is 10.3 Å². The molecule has 1 aromatic carbocycles. The van der Waals surface area contributed by atoms with E-state index in [0.29, 0.717) is 35.7 Å². The molecular formula is C22H25ClN2O3. The molecule has 1 aromatic heterocycles. The van der Waals surface area contributed by atoms with Crippen LogP contribution in [0.2, 0.25) is 5.02 Å². The number of hydrogen-bond acceptors (Lipinski definition) is 3. The van der Waals surface area contributed by atoms with Gasteiger partial charge in [-0.05, 0) is 35.6 Å². The van der Waals surface area contributed by atoms with E-state index in [1.165, 1.54) is 6.07 Å². The molecule has 0 spiro atoms. The van der Waals surface area contributed by atoms with E-state index in [9.17, 15) is 14.4 Å². The molecule has 1 heterocycles. The number of carbonyl (C=O) groups is 2. The lowest BCUT2D eigenvalue weighted by molar-refractivity contribution is 0.0910. The number of aromatic amines is 1. The number of amides is 1. The first-order valence-corrected chi connectivity index (χ1v) is 9.70. The standard InChI is InChI=1S/C22H25ClN2O3/c1-21(2)10-17-15(18(26)11-21)9-16(20(28)25-17)19(27)24-12-22(3,4)13-5-7-14(23)8-6-13/h5-9H,10-12H2,1-4H3,(H,24,27)(H,25,28). The SMILES string of the molecule is CC1(C)CC(=O)c2cc(C(=O)NCC(C)(C)c3ccc(Cl)cc3)c(=O)[nH]c2C1. The van der Waals surface area contributed by atoms with Crippen LogP contribution in [0.3, 0.4) is 0 Å². The summed E-state index contributed by atoms with van der Waals surface area (Å²) in [6.45, 7) is 8.32. The lowest BCUT2D eigenvalue weighted by Crippen LogP contribution is -2.39. The van der Waals surface area contributed by atoms with Gasteiger partial charge in [-0.15, -0.1) is 0 Å². The molecule has 0 saturated heterocycles. The normalized spacial score (nSPS) is 15.8. The van der Waals surface area contributed by atoms with E-state index in [4.69, 9.17) is 11.6 Å². The molecule has 28 heavy (non-hydrogen) atoms. The maximum absolute atomic E-state index is 12.7. The van der Waals surface area contributed by atoms with Gasteiger partial charge >= 0.3 is 0 Å². The number of rotatable bonds is 4. The molecule has 1 aliphatic rings. The molecule has 148 valence electrons. The van der Waals surface area contributed by atoms with Gasteiger partial charge in [0.2, 0.25) is 0 Å². The van der Waals surface area contributed by atoms with Gasteiger partial charge in [0.05, 0.1) is 0 Å². The largest absolute Gasteiger partial charge is 0.351 e. The second-order valence-electron chi connectivity index (χ2n) is 8.92. The fourth-order valence-corrected chi connectivity index (χ4v) is 3.72. The highest BCUT2D eigenvalue weighted by molar-refractivity contribution is 6.30. The maximum atomic E-state index is 12.7. The zero-order chi connectivity index (χ0) is 20.7. The number of fused-ring (bicyclic) bond motifs is 1. The van der Waals surface area contributed by atoms with E-state index < -0.39 is 11.5 Å². The molecule has 5 nitrogen and oxygen atoms in total. The van der Waals surface area contributed by atoms with Crippen molar-refractivity contribution < 1.29 is 9.59 Å². The summed E-state index contributed by atoms with van der Waals surface area (Å²) >= 11 is 5.94. The lowest BCUT2D eigenvalue weighted by Gasteiger charge is -2.30. The molecule has 0 aliphatic heterocycles. The molecule has 0 bridgehead atoms. The molecule has 0 unspecified atom stereocenters. The fraction of sp³-hybridized carbons (Fsp3) is 0.409. The number of nitrogens with one attached hydrogen (secondary N) is 2. The summed E-state index contributed by atoms with van der Waals surface area (Å²) in [6.07, 6.45) is 1.01. The van der Waals surface area contributed by atoms with Gasteiger partial charge in [-0.25, -0.2) is 0 Å². The molecule has 0 fully saturated rings. The molecule has 1 aliphatic carbocycles. The number of benzene rings is 1. The van der Waals surface area contributed by atoms with E-state index in [0.717, 1.165) is 5.56 Å². The number of carbonyl (C=O) groups excluding carboxylic acids is 2. The Morgan fingerprint density at radius 1 is 1.18 bits per heavy atom. The Labute approximate surface area is 169 Å². The van der Waals surface area contributed by atoms with Crippen LogP contribution < -0.4 is 10.9 Å². The number of H-pyrrole nitrogens is 1. The summed E-state index contributed by atoms with van der Waals surface area (Å²) in [4.78, 5) is 40.3. The van der Waals surface area contributed by atoms with Crippen LogP contribution in [0.25, 0.3) is 0 Å². The Balaban J connectivity index is 1.80. The molecule has 0 atom stereocenters. The molecular weight excluding hydrogens is 376 g/mol. The first-order valence-electron chi connectivity index (χ1n) is 9.32. The summed E-state index contributed by atoms with van der Waals surface area (Å²) in [5.74, 6) is -0.526. The minimum atomic E-state index is -0.483. The Morgan fingerprint density at radius 2 is 1.82 bits per heavy atom. The quantitative estimate of drug-likeness (QED) is 0.817. The summed E-state index contributed by atoms with van der Waals surface area (Å²) in [7, 11) is 0. The smallest absolute Gasteiger partial charge is 0.261 e. The summed E-state index contributed by atoms with van der Waals surface area (Å²) < 4.78 is 0. The summed E-state index contributed by atoms with van der Waals surface area (Å²) in [5, 5.41) is 3.48. The highest BCUT2D eigenvalue weighted by Gasteiger charge is 2.33. The van der Waals surface area contributed by atoms with Crippen molar-refractivity contribution in [2.45, 2.75) is 46.0 Å². The van der Waals surface area contributed by atoms with Gasteiger partial charge in [-0.2, -0.15) is 0 Å². The first kappa shape index (κ1) is 20.3. The van der Waals surface area contributed by atoms with Gasteiger partial charge in [0.1, 0.15) is 5.56 Å². The Morgan fingerprint density at radius 3 is 2.46 bits per heavy atom. The number of aromatic nitrogens is 1. The van der Waals surface area contributed by atoms with Crippen LogP contribution in [0.5, 0.6) is 0 Å². The Hall–Kier alpha value is -2.40. The van der Waals surface area contributed by atoms with Gasteiger partial charge in [0.15, 0.2) is 5.78 Å². The van der Waals surface area contributed by atoms with Crippen molar-refractivity contribution in [2.24, 2.45) is 5.41 Å². The monoisotopic (exact) mass is 400 g/mol. The molecule has 0 radical (unpaired) electrons. The van der Waals surface area contributed by atoms with E-state index in [1.54, 1.807) is 0 Å². The van der Waals surface area contributed by atoms with E-state index >= 15 is 0 Å². The molecule has 6 heteroatoms. The van der Waals surface area contributed by atoms with Gasteiger partial charge in [-0.3, -0.25) is 14.4 Å². The summed E-state index contributed by atoms with van der Waals surface area (Å²) in [6, 6.07) is 8.89. The Kier molecular flexibility index (Phi) is 5.24. The van der Waals surface area contributed by atoms with Crippen molar-refractivity contribution in [3.63, 3.8) is 0 Å². The van der Waals surface area contributed by atoms with Crippen LogP contribution in [-0.2, 0) is 11.8 Å². The van der Waals surface area contributed by atoms with Crippen LogP contribution in [0, 0.1) is 5.41 Å². The van der Waals surface area contributed by atoms with Crippen LogP contribution in [0.1, 0.15) is 66.1 Å². The topological polar surface area (TPSA) is 79.0 Å². The Bertz CT molecular complexity index is 988. The number of hydrogen-bond donors (Lipinski definition) is 2. The third-order valence-electron chi connectivity index (χ3n) is 5.28. The van der Waals surface area contributed by atoms with Gasteiger partial charge in [0, 0.05) is 34.7 Å². The molecule has 1 amide bonds. The number of halogens is 1. The molecule has 3 rings (SSSR count). The van der Waals surface area contributed by atoms with Crippen molar-refractivity contribution in [2.75, 3.05) is 6.54 Å². The zero-order valence-electron chi connectivity index (χ0n) is 16.6. The van der Waals surface area contributed by atoms with Crippen LogP contribution in [0.4, 0.5) is 0 Å². The first-order chi connectivity index (χ1) is 13.0. The van der Waals surface area contributed by atoms with Crippen LogP contribution in [-0.4, -0.2) is 23.2 Å².